The van der Waals surface area contributed by atoms with E-state index in [2.05, 4.69) is 0 Å². The number of hydrogen-bond acceptors (Lipinski definition) is 3. The quantitative estimate of drug-likeness (QED) is 0.647. The monoisotopic (exact) mass is 299 g/mol. The summed E-state index contributed by atoms with van der Waals surface area (Å²) in [6.45, 7) is 0.275. The summed E-state index contributed by atoms with van der Waals surface area (Å²) in [6.07, 6.45) is 0.100. The van der Waals surface area contributed by atoms with Gasteiger partial charge in [-0.15, -0.1) is 0 Å². The lowest BCUT2D eigenvalue weighted by Crippen LogP contribution is -2.27. The largest absolute Gasteiger partial charge is 0.426 e. The van der Waals surface area contributed by atoms with Crippen LogP contribution in [0.15, 0.2) is 54.6 Å². The van der Waals surface area contributed by atoms with Gasteiger partial charge in [-0.3, -0.25) is 9.59 Å². The number of rotatable bonds is 3. The molecule has 1 unspecified atom stereocenters. The summed E-state index contributed by atoms with van der Waals surface area (Å²) < 4.78 is 18.2. The van der Waals surface area contributed by atoms with Crippen molar-refractivity contribution >= 4 is 17.6 Å². The molecule has 112 valence electrons. The van der Waals surface area contributed by atoms with Gasteiger partial charge in [0.05, 0.1) is 5.92 Å². The smallest absolute Gasteiger partial charge is 0.316 e. The van der Waals surface area contributed by atoms with E-state index in [0.717, 1.165) is 11.8 Å². The Balaban J connectivity index is 1.69. The van der Waals surface area contributed by atoms with Gasteiger partial charge in [0.25, 0.3) is 0 Å². The fraction of sp³-hybridized carbons (Fsp3) is 0.176. The summed E-state index contributed by atoms with van der Waals surface area (Å²) in [6, 6.07) is 14.6. The van der Waals surface area contributed by atoms with Crippen molar-refractivity contribution in [1.29, 1.82) is 0 Å². The molecular formula is C17H14FNO3. The second-order valence-corrected chi connectivity index (χ2v) is 5.12. The predicted octanol–water partition coefficient (Wildman–Crippen LogP) is 2.78. The molecule has 1 atom stereocenters. The fourth-order valence-corrected chi connectivity index (χ4v) is 2.45. The summed E-state index contributed by atoms with van der Waals surface area (Å²) in [5.74, 6) is -1.50. The third kappa shape index (κ3) is 2.98. The highest BCUT2D eigenvalue weighted by molar-refractivity contribution is 5.99. The highest BCUT2D eigenvalue weighted by Crippen LogP contribution is 2.26. The molecule has 1 fully saturated rings. The number of anilines is 1. The zero-order chi connectivity index (χ0) is 15.5. The molecule has 5 heteroatoms. The normalized spacial score (nSPS) is 17.6. The molecule has 0 saturated carbocycles. The Kier molecular flexibility index (Phi) is 3.87. The van der Waals surface area contributed by atoms with E-state index >= 15 is 0 Å². The molecule has 1 heterocycles. The zero-order valence-corrected chi connectivity index (χ0v) is 11.7. The minimum atomic E-state index is -0.545. The first-order valence-electron chi connectivity index (χ1n) is 6.96. The summed E-state index contributed by atoms with van der Waals surface area (Å²) in [7, 11) is 0. The average Bonchev–Trinajstić information content (AvgIpc) is 2.90. The van der Waals surface area contributed by atoms with E-state index in [1.54, 1.807) is 4.90 Å². The van der Waals surface area contributed by atoms with E-state index in [1.165, 1.54) is 18.2 Å². The summed E-state index contributed by atoms with van der Waals surface area (Å²) in [5.41, 5.74) is 0.758. The number of amides is 1. The van der Waals surface area contributed by atoms with Crippen molar-refractivity contribution in [3.05, 3.63) is 60.4 Å². The number of hydrogen-bond donors (Lipinski definition) is 0. The first kappa shape index (κ1) is 14.3. The van der Waals surface area contributed by atoms with Gasteiger partial charge < -0.3 is 9.64 Å². The topological polar surface area (TPSA) is 46.6 Å². The molecule has 1 amide bonds. The van der Waals surface area contributed by atoms with Crippen molar-refractivity contribution in [3.63, 3.8) is 0 Å². The van der Waals surface area contributed by atoms with Crippen molar-refractivity contribution in [2.75, 3.05) is 11.4 Å². The molecule has 0 radical (unpaired) electrons. The molecule has 2 aromatic rings. The molecule has 2 aromatic carbocycles. The molecule has 1 saturated heterocycles. The Morgan fingerprint density at radius 2 is 1.91 bits per heavy atom. The van der Waals surface area contributed by atoms with Gasteiger partial charge in [0, 0.05) is 24.7 Å². The standard InChI is InChI=1S/C17H14FNO3/c18-13-5-4-8-15(10-13)22-17(21)12-9-16(20)19(11-12)14-6-2-1-3-7-14/h1-8,10,12H,9,11H2. The van der Waals surface area contributed by atoms with Gasteiger partial charge in [0.2, 0.25) is 5.91 Å². The Hall–Kier alpha value is -2.69. The highest BCUT2D eigenvalue weighted by atomic mass is 19.1. The van der Waals surface area contributed by atoms with Crippen LogP contribution in [0, 0.1) is 11.7 Å². The Morgan fingerprint density at radius 3 is 2.64 bits per heavy atom. The minimum absolute atomic E-state index is 0.100. The average molecular weight is 299 g/mol. The molecule has 0 spiro atoms. The third-order valence-corrected chi connectivity index (χ3v) is 3.54. The number of carbonyl (C=O) groups excluding carboxylic acids is 2. The maximum absolute atomic E-state index is 13.1. The van der Waals surface area contributed by atoms with Gasteiger partial charge in [-0.1, -0.05) is 24.3 Å². The number of nitrogens with zero attached hydrogens (tertiary/aromatic N) is 1. The number of para-hydroxylation sites is 1. The van der Waals surface area contributed by atoms with Crippen molar-refractivity contribution in [3.8, 4) is 5.75 Å². The van der Waals surface area contributed by atoms with Crippen LogP contribution in [0.2, 0.25) is 0 Å². The van der Waals surface area contributed by atoms with Crippen LogP contribution in [-0.4, -0.2) is 18.4 Å². The number of ether oxygens (including phenoxy) is 1. The maximum Gasteiger partial charge on any atom is 0.316 e. The fourth-order valence-electron chi connectivity index (χ4n) is 2.45. The molecule has 0 N–H and O–H groups in total. The lowest BCUT2D eigenvalue weighted by atomic mass is 10.1. The molecule has 4 nitrogen and oxygen atoms in total. The SMILES string of the molecule is O=C(Oc1cccc(F)c1)C1CC(=O)N(c2ccccc2)C1. The van der Waals surface area contributed by atoms with Gasteiger partial charge >= 0.3 is 5.97 Å². The Morgan fingerprint density at radius 1 is 1.14 bits per heavy atom. The number of halogens is 1. The predicted molar refractivity (Wildman–Crippen MR) is 78.9 cm³/mol. The molecule has 0 bridgehead atoms. The van der Waals surface area contributed by atoms with Crippen molar-refractivity contribution in [1.82, 2.24) is 0 Å². The molecular weight excluding hydrogens is 285 g/mol. The lowest BCUT2D eigenvalue weighted by molar-refractivity contribution is -0.139. The van der Waals surface area contributed by atoms with Gasteiger partial charge in [-0.2, -0.15) is 0 Å². The molecule has 1 aliphatic heterocycles. The lowest BCUT2D eigenvalue weighted by Gasteiger charge is -2.16. The van der Waals surface area contributed by atoms with E-state index in [4.69, 9.17) is 4.74 Å². The van der Waals surface area contributed by atoms with Crippen LogP contribution in [0.3, 0.4) is 0 Å². The molecule has 3 rings (SSSR count). The van der Waals surface area contributed by atoms with E-state index in [1.807, 2.05) is 30.3 Å². The van der Waals surface area contributed by atoms with Crippen molar-refractivity contribution in [2.45, 2.75) is 6.42 Å². The van der Waals surface area contributed by atoms with E-state index in [-0.39, 0.29) is 24.6 Å². The number of benzene rings is 2. The van der Waals surface area contributed by atoms with Crippen molar-refractivity contribution in [2.24, 2.45) is 5.92 Å². The van der Waals surface area contributed by atoms with Crippen LogP contribution in [0.5, 0.6) is 5.75 Å². The maximum atomic E-state index is 13.1. The van der Waals surface area contributed by atoms with Crippen LogP contribution in [0.25, 0.3) is 0 Å². The van der Waals surface area contributed by atoms with Crippen LogP contribution in [0.1, 0.15) is 6.42 Å². The van der Waals surface area contributed by atoms with Gasteiger partial charge in [0.1, 0.15) is 11.6 Å². The van der Waals surface area contributed by atoms with Gasteiger partial charge in [-0.05, 0) is 24.3 Å². The first-order chi connectivity index (χ1) is 10.6. The van der Waals surface area contributed by atoms with E-state index in [0.29, 0.717) is 0 Å². The number of esters is 1. The van der Waals surface area contributed by atoms with Crippen LogP contribution in [-0.2, 0) is 9.59 Å². The Bertz CT molecular complexity index is 702. The first-order valence-corrected chi connectivity index (χ1v) is 6.96. The van der Waals surface area contributed by atoms with Crippen LogP contribution < -0.4 is 9.64 Å². The zero-order valence-electron chi connectivity index (χ0n) is 11.7. The third-order valence-electron chi connectivity index (χ3n) is 3.54. The van der Waals surface area contributed by atoms with E-state index in [9.17, 15) is 14.0 Å². The molecule has 0 aromatic heterocycles. The summed E-state index contributed by atoms with van der Waals surface area (Å²) >= 11 is 0. The molecule has 1 aliphatic rings. The van der Waals surface area contributed by atoms with Crippen LogP contribution >= 0.6 is 0 Å². The van der Waals surface area contributed by atoms with Crippen LogP contribution in [0.4, 0.5) is 10.1 Å². The summed E-state index contributed by atoms with van der Waals surface area (Å²) in [4.78, 5) is 25.7. The minimum Gasteiger partial charge on any atom is -0.426 e. The second kappa shape index (κ2) is 5.97. The molecule has 0 aliphatic carbocycles. The summed E-state index contributed by atoms with van der Waals surface area (Å²) in [5, 5.41) is 0. The number of carbonyl (C=O) groups is 2. The van der Waals surface area contributed by atoms with Gasteiger partial charge in [0.15, 0.2) is 0 Å². The molecule has 22 heavy (non-hydrogen) atoms. The van der Waals surface area contributed by atoms with Gasteiger partial charge in [-0.25, -0.2) is 4.39 Å². The Labute approximate surface area is 127 Å². The van der Waals surface area contributed by atoms with E-state index < -0.39 is 17.7 Å². The second-order valence-electron chi connectivity index (χ2n) is 5.12. The van der Waals surface area contributed by atoms with Crippen molar-refractivity contribution < 1.29 is 18.7 Å². The highest BCUT2D eigenvalue weighted by Gasteiger charge is 2.36.